The van der Waals surface area contributed by atoms with Gasteiger partial charge in [0.05, 0.1) is 5.75 Å². The van der Waals surface area contributed by atoms with Crippen LogP contribution in [0, 0.1) is 0 Å². The SMILES string of the molecule is CCCCCCCCCCCCCCCCCCCCCCCCCCS(=O)(=O)O. The Bertz CT molecular complexity index is 420. The van der Waals surface area contributed by atoms with Crippen molar-refractivity contribution in [3.63, 3.8) is 0 Å². The fourth-order valence-electron chi connectivity index (χ4n) is 4.25. The van der Waals surface area contributed by atoms with Crippen molar-refractivity contribution in [2.75, 3.05) is 5.75 Å². The molecule has 0 aliphatic heterocycles. The first-order valence-corrected chi connectivity index (χ1v) is 15.1. The highest BCUT2D eigenvalue weighted by molar-refractivity contribution is 7.85. The summed E-state index contributed by atoms with van der Waals surface area (Å²) in [6, 6.07) is 0. The van der Waals surface area contributed by atoms with Gasteiger partial charge in [-0.05, 0) is 6.42 Å². The maximum atomic E-state index is 10.6. The molecule has 4 heteroatoms. The van der Waals surface area contributed by atoms with Gasteiger partial charge >= 0.3 is 0 Å². The molecular weight excluding hydrogens is 392 g/mol. The van der Waals surface area contributed by atoms with Gasteiger partial charge in [0.2, 0.25) is 0 Å². The lowest BCUT2D eigenvalue weighted by Crippen LogP contribution is -2.03. The van der Waals surface area contributed by atoms with Gasteiger partial charge in [-0.2, -0.15) is 8.42 Å². The van der Waals surface area contributed by atoms with Crippen LogP contribution in [-0.4, -0.2) is 18.7 Å². The van der Waals surface area contributed by atoms with Crippen LogP contribution in [0.5, 0.6) is 0 Å². The molecule has 0 fully saturated rings. The molecule has 0 aromatic carbocycles. The van der Waals surface area contributed by atoms with Gasteiger partial charge < -0.3 is 0 Å². The highest BCUT2D eigenvalue weighted by Crippen LogP contribution is 2.15. The highest BCUT2D eigenvalue weighted by Gasteiger charge is 2.02. The summed E-state index contributed by atoms with van der Waals surface area (Å²) in [4.78, 5) is 0. The minimum absolute atomic E-state index is 0.0771. The van der Waals surface area contributed by atoms with Crippen LogP contribution < -0.4 is 0 Å². The third-order valence-electron chi connectivity index (χ3n) is 6.26. The third kappa shape index (κ3) is 27.9. The molecule has 0 unspecified atom stereocenters. The predicted molar refractivity (Wildman–Crippen MR) is 133 cm³/mol. The van der Waals surface area contributed by atoms with E-state index in [4.69, 9.17) is 4.55 Å². The monoisotopic (exact) mass is 446 g/mol. The van der Waals surface area contributed by atoms with Crippen LogP contribution in [0.3, 0.4) is 0 Å². The van der Waals surface area contributed by atoms with Crippen LogP contribution in [0.1, 0.15) is 161 Å². The number of hydrogen-bond acceptors (Lipinski definition) is 2. The van der Waals surface area contributed by atoms with Gasteiger partial charge in [0.25, 0.3) is 10.1 Å². The summed E-state index contributed by atoms with van der Waals surface area (Å²) in [5.74, 6) is -0.0771. The maximum Gasteiger partial charge on any atom is 0.264 e. The van der Waals surface area contributed by atoms with Crippen molar-refractivity contribution in [1.29, 1.82) is 0 Å². The van der Waals surface area contributed by atoms with E-state index in [0.717, 1.165) is 12.8 Å². The topological polar surface area (TPSA) is 54.4 Å². The Hall–Kier alpha value is -0.0900. The Kier molecular flexibility index (Phi) is 23.5. The van der Waals surface area contributed by atoms with Gasteiger partial charge in [-0.15, -0.1) is 0 Å². The zero-order chi connectivity index (χ0) is 22.2. The van der Waals surface area contributed by atoms with E-state index in [1.165, 1.54) is 135 Å². The lowest BCUT2D eigenvalue weighted by molar-refractivity contribution is 0.478. The minimum Gasteiger partial charge on any atom is -0.286 e. The number of rotatable bonds is 25. The van der Waals surface area contributed by atoms with E-state index in [9.17, 15) is 8.42 Å². The summed E-state index contributed by atoms with van der Waals surface area (Å²) >= 11 is 0. The van der Waals surface area contributed by atoms with E-state index < -0.39 is 10.1 Å². The van der Waals surface area contributed by atoms with E-state index >= 15 is 0 Å². The van der Waals surface area contributed by atoms with Gasteiger partial charge in [0.15, 0.2) is 0 Å². The average molecular weight is 447 g/mol. The second kappa shape index (κ2) is 23.6. The molecule has 1 N–H and O–H groups in total. The highest BCUT2D eigenvalue weighted by atomic mass is 32.2. The second-order valence-electron chi connectivity index (χ2n) is 9.42. The predicted octanol–water partition coefficient (Wildman–Crippen LogP) is 9.26. The van der Waals surface area contributed by atoms with E-state index in [2.05, 4.69) is 6.92 Å². The van der Waals surface area contributed by atoms with Crippen molar-refractivity contribution >= 4 is 10.1 Å². The van der Waals surface area contributed by atoms with E-state index in [1.807, 2.05) is 0 Å². The van der Waals surface area contributed by atoms with Crippen molar-refractivity contribution < 1.29 is 13.0 Å². The molecule has 0 aliphatic carbocycles. The average Bonchev–Trinajstić information content (AvgIpc) is 2.70. The third-order valence-corrected chi connectivity index (χ3v) is 7.06. The lowest BCUT2D eigenvalue weighted by Gasteiger charge is -2.04. The summed E-state index contributed by atoms with van der Waals surface area (Å²) < 4.78 is 29.9. The van der Waals surface area contributed by atoms with Gasteiger partial charge in [0.1, 0.15) is 0 Å². The zero-order valence-corrected chi connectivity index (χ0v) is 21.2. The Morgan fingerprint density at radius 3 is 0.800 bits per heavy atom. The van der Waals surface area contributed by atoms with Crippen molar-refractivity contribution in [2.24, 2.45) is 0 Å². The standard InChI is InChI=1S/C26H54O3S/c1-2-3-4-5-6-7-8-9-10-11-12-13-14-15-16-17-18-19-20-21-22-23-24-25-26-30(27,28)29/h2-26H2,1H3,(H,27,28,29). The Balaban J connectivity index is 3.03. The molecular formula is C26H54O3S. The number of unbranched alkanes of at least 4 members (excludes halogenated alkanes) is 23. The largest absolute Gasteiger partial charge is 0.286 e. The molecule has 0 bridgehead atoms. The quantitative estimate of drug-likeness (QED) is 0.112. The zero-order valence-electron chi connectivity index (χ0n) is 20.3. The molecule has 0 saturated heterocycles. The second-order valence-corrected chi connectivity index (χ2v) is 11.0. The lowest BCUT2D eigenvalue weighted by atomic mass is 10.0. The van der Waals surface area contributed by atoms with Gasteiger partial charge in [-0.25, -0.2) is 0 Å². The molecule has 0 spiro atoms. The number of hydrogen-bond donors (Lipinski definition) is 1. The Morgan fingerprint density at radius 2 is 0.600 bits per heavy atom. The van der Waals surface area contributed by atoms with E-state index in [0.29, 0.717) is 6.42 Å². The van der Waals surface area contributed by atoms with Crippen molar-refractivity contribution in [2.45, 2.75) is 161 Å². The van der Waals surface area contributed by atoms with Crippen LogP contribution in [0.2, 0.25) is 0 Å². The fourth-order valence-corrected chi connectivity index (χ4v) is 4.82. The van der Waals surface area contributed by atoms with Crippen LogP contribution in [0.4, 0.5) is 0 Å². The van der Waals surface area contributed by atoms with Crippen LogP contribution >= 0.6 is 0 Å². The van der Waals surface area contributed by atoms with Gasteiger partial charge in [-0.3, -0.25) is 4.55 Å². The molecule has 0 aromatic rings. The fraction of sp³-hybridized carbons (Fsp3) is 1.00. The van der Waals surface area contributed by atoms with E-state index in [1.54, 1.807) is 0 Å². The maximum absolute atomic E-state index is 10.6. The van der Waals surface area contributed by atoms with Crippen molar-refractivity contribution in [3.05, 3.63) is 0 Å². The molecule has 3 nitrogen and oxygen atoms in total. The summed E-state index contributed by atoms with van der Waals surface area (Å²) in [6.45, 7) is 2.29. The molecule has 30 heavy (non-hydrogen) atoms. The van der Waals surface area contributed by atoms with Crippen molar-refractivity contribution in [1.82, 2.24) is 0 Å². The summed E-state index contributed by atoms with van der Waals surface area (Å²) in [5, 5.41) is 0. The van der Waals surface area contributed by atoms with Crippen LogP contribution in [-0.2, 0) is 10.1 Å². The molecule has 182 valence electrons. The Morgan fingerprint density at radius 1 is 0.400 bits per heavy atom. The molecule has 0 radical (unpaired) electrons. The smallest absolute Gasteiger partial charge is 0.264 e. The first kappa shape index (κ1) is 29.9. The first-order valence-electron chi connectivity index (χ1n) is 13.5. The van der Waals surface area contributed by atoms with Crippen molar-refractivity contribution in [3.8, 4) is 0 Å². The molecule has 0 rings (SSSR count). The molecule has 0 amide bonds. The summed E-state index contributed by atoms with van der Waals surface area (Å²) in [5.41, 5.74) is 0. The van der Waals surface area contributed by atoms with Crippen LogP contribution in [0.15, 0.2) is 0 Å². The summed E-state index contributed by atoms with van der Waals surface area (Å²) in [7, 11) is -3.75. The Labute approximate surface area is 189 Å². The summed E-state index contributed by atoms with van der Waals surface area (Å²) in [6.07, 6.45) is 32.1. The molecule has 0 heterocycles. The van der Waals surface area contributed by atoms with E-state index in [-0.39, 0.29) is 5.75 Å². The van der Waals surface area contributed by atoms with Gasteiger partial charge in [0, 0.05) is 0 Å². The minimum atomic E-state index is -3.75. The molecule has 0 saturated carbocycles. The molecule has 0 atom stereocenters. The van der Waals surface area contributed by atoms with Crippen LogP contribution in [0.25, 0.3) is 0 Å². The molecule has 0 aromatic heterocycles. The normalized spacial score (nSPS) is 11.9. The first-order chi connectivity index (χ1) is 14.6. The molecule has 0 aliphatic rings. The van der Waals surface area contributed by atoms with Gasteiger partial charge in [-0.1, -0.05) is 155 Å².